The number of halogens is 1. The van der Waals surface area contributed by atoms with E-state index in [4.69, 9.17) is 11.6 Å². The van der Waals surface area contributed by atoms with Crippen molar-refractivity contribution >= 4 is 17.5 Å². The van der Waals surface area contributed by atoms with Crippen LogP contribution in [0.5, 0.6) is 0 Å². The summed E-state index contributed by atoms with van der Waals surface area (Å²) in [5, 5.41) is 15.8. The van der Waals surface area contributed by atoms with E-state index in [-0.39, 0.29) is 6.04 Å². The van der Waals surface area contributed by atoms with Gasteiger partial charge in [-0.1, -0.05) is 47.0 Å². The van der Waals surface area contributed by atoms with Crippen LogP contribution in [-0.4, -0.2) is 20.2 Å². The van der Waals surface area contributed by atoms with Crippen molar-refractivity contribution in [2.45, 2.75) is 13.0 Å². The fourth-order valence-electron chi connectivity index (χ4n) is 2.07. The molecule has 3 aromatic rings. The fourth-order valence-corrected chi connectivity index (χ4v) is 2.27. The second-order valence-electron chi connectivity index (χ2n) is 4.67. The minimum atomic E-state index is 0.0390. The molecule has 0 fully saturated rings. The van der Waals surface area contributed by atoms with E-state index in [9.17, 15) is 0 Å². The molecular formula is C15H14ClN5. The minimum absolute atomic E-state index is 0.0390. The third-order valence-electron chi connectivity index (χ3n) is 3.16. The standard InChI is InChI=1S/C15H14ClN5/c1-11(12-6-5-7-13(16)10-12)17-15-18-19-20-21(15)14-8-3-2-4-9-14/h2-11H,1H3,(H,17,18,20)/t11-/m0/s1. The normalized spacial score (nSPS) is 12.1. The molecule has 0 unspecified atom stereocenters. The molecule has 6 heteroatoms. The van der Waals surface area contributed by atoms with Gasteiger partial charge in [-0.2, -0.15) is 4.68 Å². The zero-order valence-corrected chi connectivity index (χ0v) is 12.2. The summed E-state index contributed by atoms with van der Waals surface area (Å²) in [6, 6.07) is 17.5. The Balaban J connectivity index is 1.85. The van der Waals surface area contributed by atoms with Gasteiger partial charge in [0.1, 0.15) is 0 Å². The van der Waals surface area contributed by atoms with Gasteiger partial charge in [0.25, 0.3) is 0 Å². The van der Waals surface area contributed by atoms with Crippen molar-refractivity contribution in [3.63, 3.8) is 0 Å². The highest BCUT2D eigenvalue weighted by atomic mass is 35.5. The van der Waals surface area contributed by atoms with E-state index in [0.29, 0.717) is 11.0 Å². The van der Waals surface area contributed by atoms with Crippen molar-refractivity contribution in [1.82, 2.24) is 20.2 Å². The van der Waals surface area contributed by atoms with Crippen LogP contribution in [0.4, 0.5) is 5.95 Å². The smallest absolute Gasteiger partial charge is 0.248 e. The molecule has 3 rings (SSSR count). The first-order chi connectivity index (χ1) is 10.2. The maximum Gasteiger partial charge on any atom is 0.248 e. The maximum atomic E-state index is 6.02. The van der Waals surface area contributed by atoms with E-state index in [0.717, 1.165) is 11.3 Å². The van der Waals surface area contributed by atoms with E-state index in [1.54, 1.807) is 4.68 Å². The summed E-state index contributed by atoms with van der Waals surface area (Å²) in [5.74, 6) is 0.591. The van der Waals surface area contributed by atoms with E-state index in [1.807, 2.05) is 61.5 Å². The number of aromatic nitrogens is 4. The third kappa shape index (κ3) is 3.03. The lowest BCUT2D eigenvalue weighted by Gasteiger charge is -2.15. The summed E-state index contributed by atoms with van der Waals surface area (Å²) in [4.78, 5) is 0. The first-order valence-electron chi connectivity index (χ1n) is 6.60. The van der Waals surface area contributed by atoms with Crippen LogP contribution in [-0.2, 0) is 0 Å². The summed E-state index contributed by atoms with van der Waals surface area (Å²) in [6.07, 6.45) is 0. The van der Waals surface area contributed by atoms with Crippen LogP contribution >= 0.6 is 11.6 Å². The van der Waals surface area contributed by atoms with Gasteiger partial charge in [-0.05, 0) is 47.2 Å². The molecule has 1 aromatic heterocycles. The number of hydrogen-bond donors (Lipinski definition) is 1. The molecule has 0 saturated carbocycles. The van der Waals surface area contributed by atoms with Crippen LogP contribution in [0.2, 0.25) is 5.02 Å². The Labute approximate surface area is 127 Å². The average Bonchev–Trinajstić information content (AvgIpc) is 2.96. The second kappa shape index (κ2) is 5.93. The van der Waals surface area contributed by atoms with Crippen molar-refractivity contribution in [1.29, 1.82) is 0 Å². The number of hydrogen-bond acceptors (Lipinski definition) is 4. The molecule has 2 aromatic carbocycles. The molecular weight excluding hydrogens is 286 g/mol. The molecule has 5 nitrogen and oxygen atoms in total. The lowest BCUT2D eigenvalue weighted by Crippen LogP contribution is -2.11. The topological polar surface area (TPSA) is 55.6 Å². The van der Waals surface area contributed by atoms with Gasteiger partial charge < -0.3 is 5.32 Å². The first kappa shape index (κ1) is 13.6. The van der Waals surface area contributed by atoms with Crippen LogP contribution in [0.25, 0.3) is 5.69 Å². The molecule has 0 bridgehead atoms. The minimum Gasteiger partial charge on any atom is -0.346 e. The van der Waals surface area contributed by atoms with Crippen molar-refractivity contribution < 1.29 is 0 Å². The van der Waals surface area contributed by atoms with Gasteiger partial charge in [-0.25, -0.2) is 0 Å². The zero-order chi connectivity index (χ0) is 14.7. The van der Waals surface area contributed by atoms with Crippen LogP contribution in [0.1, 0.15) is 18.5 Å². The van der Waals surface area contributed by atoms with Crippen molar-refractivity contribution in [2.24, 2.45) is 0 Å². The molecule has 0 amide bonds. The highest BCUT2D eigenvalue weighted by molar-refractivity contribution is 6.30. The van der Waals surface area contributed by atoms with Crippen LogP contribution < -0.4 is 5.32 Å². The zero-order valence-electron chi connectivity index (χ0n) is 11.4. The first-order valence-corrected chi connectivity index (χ1v) is 6.97. The lowest BCUT2D eigenvalue weighted by molar-refractivity contribution is 0.780. The molecule has 0 radical (unpaired) electrons. The predicted molar refractivity (Wildman–Crippen MR) is 82.6 cm³/mol. The number of tetrazole rings is 1. The largest absolute Gasteiger partial charge is 0.346 e. The molecule has 0 spiro atoms. The number of benzene rings is 2. The monoisotopic (exact) mass is 299 g/mol. The van der Waals surface area contributed by atoms with E-state index in [2.05, 4.69) is 20.8 Å². The summed E-state index contributed by atoms with van der Waals surface area (Å²) in [5.41, 5.74) is 1.98. The summed E-state index contributed by atoms with van der Waals surface area (Å²) >= 11 is 6.02. The Kier molecular flexibility index (Phi) is 3.83. The van der Waals surface area contributed by atoms with Crippen LogP contribution in [0.3, 0.4) is 0 Å². The van der Waals surface area contributed by atoms with Gasteiger partial charge in [0.05, 0.1) is 11.7 Å². The molecule has 0 aliphatic carbocycles. The van der Waals surface area contributed by atoms with E-state index < -0.39 is 0 Å². The highest BCUT2D eigenvalue weighted by Crippen LogP contribution is 2.21. The summed E-state index contributed by atoms with van der Waals surface area (Å²) in [6.45, 7) is 2.04. The number of nitrogens with one attached hydrogen (secondary N) is 1. The second-order valence-corrected chi connectivity index (χ2v) is 5.11. The number of para-hydroxylation sites is 1. The SMILES string of the molecule is C[C@H](Nc1nnnn1-c1ccccc1)c1cccc(Cl)c1. The molecule has 1 heterocycles. The average molecular weight is 300 g/mol. The lowest BCUT2D eigenvalue weighted by atomic mass is 10.1. The quantitative estimate of drug-likeness (QED) is 0.801. The molecule has 106 valence electrons. The van der Waals surface area contributed by atoms with Crippen molar-refractivity contribution in [2.75, 3.05) is 5.32 Å². The van der Waals surface area contributed by atoms with Crippen LogP contribution in [0.15, 0.2) is 54.6 Å². The molecule has 1 N–H and O–H groups in total. The van der Waals surface area contributed by atoms with Gasteiger partial charge >= 0.3 is 0 Å². The number of nitrogens with zero attached hydrogens (tertiary/aromatic N) is 4. The van der Waals surface area contributed by atoms with Gasteiger partial charge in [-0.3, -0.25) is 0 Å². The molecule has 0 aliphatic rings. The summed E-state index contributed by atoms with van der Waals surface area (Å²) < 4.78 is 1.67. The van der Waals surface area contributed by atoms with Gasteiger partial charge in [0.2, 0.25) is 5.95 Å². The maximum absolute atomic E-state index is 6.02. The van der Waals surface area contributed by atoms with E-state index >= 15 is 0 Å². The van der Waals surface area contributed by atoms with Gasteiger partial charge in [0.15, 0.2) is 0 Å². The van der Waals surface area contributed by atoms with E-state index in [1.165, 1.54) is 0 Å². The van der Waals surface area contributed by atoms with Crippen molar-refractivity contribution in [3.8, 4) is 5.69 Å². The third-order valence-corrected chi connectivity index (χ3v) is 3.40. The van der Waals surface area contributed by atoms with Crippen molar-refractivity contribution in [3.05, 3.63) is 65.2 Å². The Morgan fingerprint density at radius 3 is 2.67 bits per heavy atom. The molecule has 1 atom stereocenters. The van der Waals surface area contributed by atoms with Gasteiger partial charge in [0, 0.05) is 5.02 Å². The molecule has 21 heavy (non-hydrogen) atoms. The Hall–Kier alpha value is -2.40. The fraction of sp³-hybridized carbons (Fsp3) is 0.133. The van der Waals surface area contributed by atoms with Crippen LogP contribution in [0, 0.1) is 0 Å². The predicted octanol–water partition coefficient (Wildman–Crippen LogP) is 3.49. The Morgan fingerprint density at radius 2 is 1.90 bits per heavy atom. The summed E-state index contributed by atoms with van der Waals surface area (Å²) in [7, 11) is 0. The molecule has 0 aliphatic heterocycles. The number of rotatable bonds is 4. The Morgan fingerprint density at radius 1 is 1.10 bits per heavy atom. The highest BCUT2D eigenvalue weighted by Gasteiger charge is 2.12. The molecule has 0 saturated heterocycles. The van der Waals surface area contributed by atoms with Gasteiger partial charge in [-0.15, -0.1) is 0 Å². The Bertz CT molecular complexity index is 726. The number of anilines is 1.